The summed E-state index contributed by atoms with van der Waals surface area (Å²) in [5.41, 5.74) is 0. The van der Waals surface area contributed by atoms with E-state index in [2.05, 4.69) is 0 Å². The molecule has 0 rings (SSSR count). The van der Waals surface area contributed by atoms with Crippen molar-refractivity contribution in [2.75, 3.05) is 0 Å². The van der Waals surface area contributed by atoms with E-state index in [0.29, 0.717) is 0 Å². The fraction of sp³-hybridized carbons (Fsp3) is 0. The molecular weight excluding hydrogens is 413 g/mol. The first kappa shape index (κ1) is 165. The van der Waals surface area contributed by atoms with E-state index in [1.54, 1.807) is 0 Å². The molecule has 0 saturated heterocycles. The molecule has 0 aromatic carbocycles. The van der Waals surface area contributed by atoms with Crippen LogP contribution in [0.1, 0.15) is 0 Å². The molecule has 21 N–H and O–H groups in total. The SMILES string of the molecule is O.O.O.O.O.O.O.O.O.O=[N+]([O-])O.O=[N+]([O-])O.O=[N+]([O-])O.[AlH3].[Fe]. The maximum absolute atomic E-state index is 8.36. The second-order valence-corrected chi connectivity index (χ2v) is 0.714. The summed E-state index contributed by atoms with van der Waals surface area (Å²) >= 11 is 0. The number of hydrogen-bond acceptors (Lipinski definition) is 6. The third kappa shape index (κ3) is 2330. The van der Waals surface area contributed by atoms with Crippen LogP contribution >= 0.6 is 0 Å². The zero-order valence-electron chi connectivity index (χ0n) is 9.99. The molecule has 21 nitrogen and oxygen atoms in total. The first-order valence-electron chi connectivity index (χ1n) is 1.70. The standard InChI is InChI=1S/Al.Fe.3HNO3.9H2O.3H/c;;3*2-1(3)4;;;;;;;;;;;;/h;;3*(H,2,3,4);9*1H2;;;. The minimum Gasteiger partial charge on any atom is -0.412 e. The van der Waals surface area contributed by atoms with Crippen LogP contribution in [0.2, 0.25) is 0 Å². The smallest absolute Gasteiger partial charge is 0.291 e. The molecule has 23 heavy (non-hydrogen) atoms. The van der Waals surface area contributed by atoms with Crippen LogP contribution in [0.3, 0.4) is 0 Å². The van der Waals surface area contributed by atoms with Gasteiger partial charge < -0.3 is 64.9 Å². The van der Waals surface area contributed by atoms with Gasteiger partial charge in [0, 0.05) is 17.1 Å². The van der Waals surface area contributed by atoms with E-state index in [-0.39, 0.29) is 83.7 Å². The molecule has 0 fully saturated rings. The largest absolute Gasteiger partial charge is 0.412 e. The third-order valence-electron chi connectivity index (χ3n) is 0. The van der Waals surface area contributed by atoms with Gasteiger partial charge in [0.2, 0.25) is 0 Å². The number of hydrogen-bond donors (Lipinski definition) is 3. The summed E-state index contributed by atoms with van der Waals surface area (Å²) in [5, 5.41) is 40.9. The summed E-state index contributed by atoms with van der Waals surface area (Å²) in [5.74, 6) is 0. The molecule has 0 heterocycles. The van der Waals surface area contributed by atoms with Gasteiger partial charge in [0.1, 0.15) is 0 Å². The zero-order chi connectivity index (χ0) is 10.7. The van der Waals surface area contributed by atoms with Gasteiger partial charge in [-0.2, -0.15) is 0 Å². The molecule has 0 bridgehead atoms. The number of nitrogens with zero attached hydrogens (tertiary/aromatic N) is 3. The van der Waals surface area contributed by atoms with Crippen LogP contribution < -0.4 is 0 Å². The summed E-state index contributed by atoms with van der Waals surface area (Å²) in [6.07, 6.45) is 0. The van der Waals surface area contributed by atoms with Gasteiger partial charge in [0.15, 0.2) is 17.4 Å². The molecule has 0 aromatic heterocycles. The predicted octanol–water partition coefficient (Wildman–Crippen LogP) is -9.65. The molecule has 23 heteroatoms. The van der Waals surface area contributed by atoms with E-state index < -0.39 is 15.3 Å². The summed E-state index contributed by atoms with van der Waals surface area (Å²) in [6.45, 7) is 0. The van der Waals surface area contributed by atoms with E-state index in [4.69, 9.17) is 46.0 Å². The Balaban J connectivity index is -0.00000000355. The minimum atomic E-state index is -1.50. The summed E-state index contributed by atoms with van der Waals surface area (Å²) in [7, 11) is 0. The van der Waals surface area contributed by atoms with E-state index in [1.807, 2.05) is 0 Å². The van der Waals surface area contributed by atoms with Gasteiger partial charge in [-0.25, -0.2) is 0 Å². The summed E-state index contributed by atoms with van der Waals surface area (Å²) in [6, 6.07) is 0. The molecule has 158 valence electrons. The molecule has 0 aliphatic heterocycles. The molecule has 0 aliphatic carbocycles. The third-order valence-corrected chi connectivity index (χ3v) is 0. The fourth-order valence-electron chi connectivity index (χ4n) is 0. The Bertz CT molecular complexity index is 122. The average Bonchev–Trinajstić information content (AvgIpc) is 1.54. The van der Waals surface area contributed by atoms with Crippen molar-refractivity contribution in [1.82, 2.24) is 0 Å². The van der Waals surface area contributed by atoms with E-state index in [1.165, 1.54) is 0 Å². The molecule has 0 atom stereocenters. The second kappa shape index (κ2) is 142. The van der Waals surface area contributed by atoms with Crippen LogP contribution in [0.25, 0.3) is 0 Å². The van der Waals surface area contributed by atoms with E-state index >= 15 is 0 Å². The molecule has 0 aromatic rings. The molecule has 0 spiro atoms. The maximum atomic E-state index is 8.36. The number of rotatable bonds is 0. The Morgan fingerprint density at radius 1 is 0.478 bits per heavy atom. The molecule has 0 aliphatic rings. The van der Waals surface area contributed by atoms with Crippen molar-refractivity contribution in [1.29, 1.82) is 0 Å². The van der Waals surface area contributed by atoms with E-state index in [0.717, 1.165) is 0 Å². The zero-order valence-corrected chi connectivity index (χ0v) is 11.1. The summed E-state index contributed by atoms with van der Waals surface area (Å²) < 4.78 is 0. The molecular formula is H24AlFeN3O18. The van der Waals surface area contributed by atoms with Crippen molar-refractivity contribution >= 4 is 17.4 Å². The van der Waals surface area contributed by atoms with Crippen molar-refractivity contribution in [3.63, 3.8) is 0 Å². The molecule has 0 unspecified atom stereocenters. The molecule has 0 radical (unpaired) electrons. The second-order valence-electron chi connectivity index (χ2n) is 0.714. The quantitative estimate of drug-likeness (QED) is 0.183. The first-order valence-corrected chi connectivity index (χ1v) is 1.70. The monoisotopic (exact) mass is 437 g/mol. The van der Waals surface area contributed by atoms with Crippen molar-refractivity contribution < 1.29 is 97.2 Å². The van der Waals surface area contributed by atoms with Crippen molar-refractivity contribution in [3.05, 3.63) is 30.3 Å². The van der Waals surface area contributed by atoms with Crippen LogP contribution in [0.5, 0.6) is 0 Å². The Morgan fingerprint density at radius 3 is 0.478 bits per heavy atom. The summed E-state index contributed by atoms with van der Waals surface area (Å²) in [4.78, 5) is 25.1. The molecule has 0 saturated carbocycles. The van der Waals surface area contributed by atoms with Gasteiger partial charge >= 0.3 is 0 Å². The van der Waals surface area contributed by atoms with Gasteiger partial charge in [0.25, 0.3) is 15.3 Å². The van der Waals surface area contributed by atoms with Gasteiger partial charge in [-0.05, 0) is 0 Å². The fourth-order valence-corrected chi connectivity index (χ4v) is 0. The van der Waals surface area contributed by atoms with Crippen LogP contribution in [-0.4, -0.2) is 97.5 Å². The Morgan fingerprint density at radius 2 is 0.478 bits per heavy atom. The van der Waals surface area contributed by atoms with Gasteiger partial charge in [-0.3, -0.25) is 0 Å². The van der Waals surface area contributed by atoms with Crippen LogP contribution in [0.15, 0.2) is 0 Å². The average molecular weight is 437 g/mol. The van der Waals surface area contributed by atoms with Crippen molar-refractivity contribution in [2.45, 2.75) is 0 Å². The first-order chi connectivity index (χ1) is 5.20. The minimum absolute atomic E-state index is 0. The van der Waals surface area contributed by atoms with Crippen LogP contribution in [0, 0.1) is 30.3 Å². The maximum Gasteiger partial charge on any atom is 0.291 e. The van der Waals surface area contributed by atoms with Gasteiger partial charge in [-0.1, -0.05) is 0 Å². The Labute approximate surface area is 145 Å². The Hall–Kier alpha value is -1.71. The van der Waals surface area contributed by atoms with Crippen LogP contribution in [0.4, 0.5) is 0 Å². The Kier molecular flexibility index (Phi) is 1020. The van der Waals surface area contributed by atoms with Gasteiger partial charge in [-0.15, -0.1) is 30.3 Å². The van der Waals surface area contributed by atoms with E-state index in [9.17, 15) is 0 Å². The topological polar surface area (TPSA) is 474 Å². The van der Waals surface area contributed by atoms with Gasteiger partial charge in [0.05, 0.1) is 0 Å². The normalized spacial score (nSPS) is 3.13. The van der Waals surface area contributed by atoms with Crippen LogP contribution in [-0.2, 0) is 17.1 Å². The predicted molar refractivity (Wildman–Crippen MR) is 68.8 cm³/mol. The van der Waals surface area contributed by atoms with Crippen molar-refractivity contribution in [2.24, 2.45) is 0 Å². The van der Waals surface area contributed by atoms with Crippen molar-refractivity contribution in [3.8, 4) is 0 Å². The molecule has 0 amide bonds.